The van der Waals surface area contributed by atoms with Gasteiger partial charge in [-0.25, -0.2) is 0 Å². The maximum atomic E-state index is 10.9. The average molecular weight is 207 g/mol. The smallest absolute Gasteiger partial charge is 0.158 e. The van der Waals surface area contributed by atoms with Crippen LogP contribution in [0, 0.1) is 0 Å². The summed E-state index contributed by atoms with van der Waals surface area (Å²) < 4.78 is 0. The van der Waals surface area contributed by atoms with E-state index in [0.29, 0.717) is 12.0 Å². The van der Waals surface area contributed by atoms with Crippen LogP contribution in [0.15, 0.2) is 23.2 Å². The second-order valence-corrected chi connectivity index (χ2v) is 3.11. The minimum absolute atomic E-state index is 0.0641. The number of benzene rings is 1. The Balaban J connectivity index is 2.65. The highest BCUT2D eigenvalue weighted by Gasteiger charge is 1.98. The number of rotatable bonds is 4. The molecule has 0 aromatic heterocycles. The Bertz CT molecular complexity index is 385. The lowest BCUT2D eigenvalue weighted by Gasteiger charge is -1.97. The quantitative estimate of drug-likeness (QED) is 0.580. The van der Waals surface area contributed by atoms with Crippen LogP contribution in [-0.4, -0.2) is 28.8 Å². The van der Waals surface area contributed by atoms with Gasteiger partial charge in [-0.05, 0) is 23.8 Å². The lowest BCUT2D eigenvalue weighted by Crippen LogP contribution is -1.99. The Morgan fingerprint density at radius 3 is 2.73 bits per heavy atom. The minimum atomic E-state index is -0.194. The molecule has 0 radical (unpaired) electrons. The first-order valence-electron chi connectivity index (χ1n) is 4.67. The van der Waals surface area contributed by atoms with Crippen LogP contribution in [-0.2, 0) is 4.79 Å². The van der Waals surface area contributed by atoms with Crippen molar-refractivity contribution in [3.63, 3.8) is 0 Å². The van der Waals surface area contributed by atoms with Gasteiger partial charge in [0.2, 0.25) is 0 Å². The molecule has 0 bridgehead atoms. The van der Waals surface area contributed by atoms with Gasteiger partial charge < -0.3 is 10.2 Å². The normalized spacial score (nSPS) is 10.7. The van der Waals surface area contributed by atoms with Crippen LogP contribution >= 0.6 is 0 Å². The number of phenolic OH excluding ortho intramolecular Hbond substituents is 2. The Kier molecular flexibility index (Phi) is 3.85. The van der Waals surface area contributed by atoms with E-state index in [1.54, 1.807) is 13.0 Å². The van der Waals surface area contributed by atoms with E-state index in [1.165, 1.54) is 18.3 Å². The zero-order chi connectivity index (χ0) is 11.3. The number of hydrogen-bond acceptors (Lipinski definition) is 4. The van der Waals surface area contributed by atoms with Crippen LogP contribution < -0.4 is 0 Å². The van der Waals surface area contributed by atoms with Crippen LogP contribution in [0.1, 0.15) is 18.9 Å². The number of nitrogens with zero attached hydrogens (tertiary/aromatic N) is 1. The average Bonchev–Trinajstić information content (AvgIpc) is 2.23. The van der Waals surface area contributed by atoms with Gasteiger partial charge in [0.15, 0.2) is 17.3 Å². The molecule has 0 amide bonds. The molecule has 0 fully saturated rings. The van der Waals surface area contributed by atoms with Gasteiger partial charge in [0.25, 0.3) is 0 Å². The third kappa shape index (κ3) is 3.42. The molecule has 1 aromatic rings. The number of phenols is 2. The molecular formula is C11H13NO3. The summed E-state index contributed by atoms with van der Waals surface area (Å²) in [7, 11) is 0. The Labute approximate surface area is 87.9 Å². The van der Waals surface area contributed by atoms with Crippen molar-refractivity contribution in [1.29, 1.82) is 0 Å². The Morgan fingerprint density at radius 2 is 2.13 bits per heavy atom. The lowest BCUT2D eigenvalue weighted by molar-refractivity contribution is -0.117. The molecule has 0 spiro atoms. The van der Waals surface area contributed by atoms with Crippen LogP contribution in [0.25, 0.3) is 0 Å². The molecule has 0 aliphatic carbocycles. The van der Waals surface area contributed by atoms with E-state index in [1.807, 2.05) is 0 Å². The fourth-order valence-electron chi connectivity index (χ4n) is 0.985. The number of carbonyl (C=O) groups is 1. The van der Waals surface area contributed by atoms with E-state index in [0.717, 1.165) is 0 Å². The van der Waals surface area contributed by atoms with Crippen LogP contribution in [0.3, 0.4) is 0 Å². The zero-order valence-corrected chi connectivity index (χ0v) is 8.47. The van der Waals surface area contributed by atoms with Crippen molar-refractivity contribution in [3.05, 3.63) is 23.8 Å². The summed E-state index contributed by atoms with van der Waals surface area (Å²) in [4.78, 5) is 14.8. The van der Waals surface area contributed by atoms with Gasteiger partial charge in [-0.1, -0.05) is 6.92 Å². The van der Waals surface area contributed by atoms with Gasteiger partial charge in [0.1, 0.15) is 0 Å². The molecule has 0 heterocycles. The summed E-state index contributed by atoms with van der Waals surface area (Å²) in [5.74, 6) is -0.299. The highest BCUT2D eigenvalue weighted by molar-refractivity contribution is 5.85. The van der Waals surface area contributed by atoms with Crippen molar-refractivity contribution in [3.8, 4) is 11.5 Å². The van der Waals surface area contributed by atoms with Crippen LogP contribution in [0.2, 0.25) is 0 Å². The molecule has 4 nitrogen and oxygen atoms in total. The minimum Gasteiger partial charge on any atom is -0.504 e. The van der Waals surface area contributed by atoms with Crippen molar-refractivity contribution < 1.29 is 15.0 Å². The number of hydrogen-bond donors (Lipinski definition) is 2. The molecule has 0 atom stereocenters. The third-order valence-corrected chi connectivity index (χ3v) is 1.90. The van der Waals surface area contributed by atoms with Gasteiger partial charge in [-0.2, -0.15) is 0 Å². The number of aliphatic imine (C=N–C) groups is 1. The predicted octanol–water partition coefficient (Wildman–Crippen LogP) is 1.50. The van der Waals surface area contributed by atoms with Crippen molar-refractivity contribution in [1.82, 2.24) is 0 Å². The molecule has 1 aromatic carbocycles. The summed E-state index contributed by atoms with van der Waals surface area (Å²) in [6, 6.07) is 4.36. The van der Waals surface area contributed by atoms with E-state index >= 15 is 0 Å². The highest BCUT2D eigenvalue weighted by Crippen LogP contribution is 2.23. The summed E-state index contributed by atoms with van der Waals surface area (Å²) in [6.45, 7) is 1.93. The van der Waals surface area contributed by atoms with E-state index in [4.69, 9.17) is 5.11 Å². The van der Waals surface area contributed by atoms with Gasteiger partial charge in [-0.3, -0.25) is 9.79 Å². The van der Waals surface area contributed by atoms with Gasteiger partial charge in [0, 0.05) is 12.6 Å². The lowest BCUT2D eigenvalue weighted by atomic mass is 10.2. The second-order valence-electron chi connectivity index (χ2n) is 3.11. The summed E-state index contributed by atoms with van der Waals surface area (Å²) in [5, 5.41) is 18.2. The topological polar surface area (TPSA) is 69.9 Å². The first-order chi connectivity index (χ1) is 7.13. The standard InChI is InChI=1S/C11H13NO3/c1-2-9(13)7-12-6-8-3-4-10(14)11(15)5-8/h3-6,14-15H,2,7H2,1H3. The van der Waals surface area contributed by atoms with Crippen molar-refractivity contribution in [2.24, 2.45) is 4.99 Å². The molecule has 0 saturated heterocycles. The molecule has 0 aliphatic heterocycles. The van der Waals surface area contributed by atoms with E-state index in [-0.39, 0.29) is 23.8 Å². The molecule has 1 rings (SSSR count). The van der Waals surface area contributed by atoms with Crippen molar-refractivity contribution >= 4 is 12.0 Å². The molecule has 0 unspecified atom stereocenters. The summed E-state index contributed by atoms with van der Waals surface area (Å²) in [6.07, 6.45) is 1.96. The first kappa shape index (κ1) is 11.2. The van der Waals surface area contributed by atoms with Gasteiger partial charge >= 0.3 is 0 Å². The number of carbonyl (C=O) groups excluding carboxylic acids is 1. The maximum Gasteiger partial charge on any atom is 0.158 e. The molecule has 2 N–H and O–H groups in total. The van der Waals surface area contributed by atoms with Crippen molar-refractivity contribution in [2.75, 3.05) is 6.54 Å². The SMILES string of the molecule is CCC(=O)CN=Cc1ccc(O)c(O)c1. The fourth-order valence-corrected chi connectivity index (χ4v) is 0.985. The summed E-state index contributed by atoms with van der Waals surface area (Å²) in [5.41, 5.74) is 0.647. The largest absolute Gasteiger partial charge is 0.504 e. The number of ketones is 1. The molecule has 15 heavy (non-hydrogen) atoms. The predicted molar refractivity (Wildman–Crippen MR) is 57.5 cm³/mol. The summed E-state index contributed by atoms with van der Waals surface area (Å²) >= 11 is 0. The number of aromatic hydroxyl groups is 2. The molecule has 4 heteroatoms. The Hall–Kier alpha value is -1.84. The highest BCUT2D eigenvalue weighted by atomic mass is 16.3. The molecule has 0 aliphatic rings. The monoisotopic (exact) mass is 207 g/mol. The maximum absolute atomic E-state index is 10.9. The van der Waals surface area contributed by atoms with E-state index in [2.05, 4.69) is 4.99 Å². The zero-order valence-electron chi connectivity index (χ0n) is 8.47. The van der Waals surface area contributed by atoms with Crippen LogP contribution in [0.4, 0.5) is 0 Å². The van der Waals surface area contributed by atoms with E-state index < -0.39 is 0 Å². The first-order valence-corrected chi connectivity index (χ1v) is 4.67. The third-order valence-electron chi connectivity index (χ3n) is 1.90. The van der Waals surface area contributed by atoms with Crippen molar-refractivity contribution in [2.45, 2.75) is 13.3 Å². The second kappa shape index (κ2) is 5.14. The van der Waals surface area contributed by atoms with Crippen LogP contribution in [0.5, 0.6) is 11.5 Å². The number of Topliss-reactive ketones (excluding diaryl/α,β-unsaturated/α-hetero) is 1. The fraction of sp³-hybridized carbons (Fsp3) is 0.273. The van der Waals surface area contributed by atoms with Gasteiger partial charge in [0.05, 0.1) is 6.54 Å². The molecule has 80 valence electrons. The Morgan fingerprint density at radius 1 is 1.40 bits per heavy atom. The molecule has 0 saturated carbocycles. The molecular weight excluding hydrogens is 194 g/mol. The van der Waals surface area contributed by atoms with E-state index in [9.17, 15) is 9.90 Å². The van der Waals surface area contributed by atoms with Gasteiger partial charge in [-0.15, -0.1) is 0 Å².